The Morgan fingerprint density at radius 2 is 1.71 bits per heavy atom. The molecule has 31 heavy (non-hydrogen) atoms. The van der Waals surface area contributed by atoms with Crippen LogP contribution in [0.1, 0.15) is 37.2 Å². The molecule has 1 aromatic rings. The van der Waals surface area contributed by atoms with Crippen molar-refractivity contribution < 1.29 is 36.7 Å². The van der Waals surface area contributed by atoms with Gasteiger partial charge in [-0.2, -0.15) is 0 Å². The van der Waals surface area contributed by atoms with Gasteiger partial charge >= 0.3 is 6.09 Å². The molecule has 3 aliphatic rings. The lowest BCUT2D eigenvalue weighted by atomic mass is 9.89. The number of likely N-dealkylation sites (tertiary alicyclic amines) is 1. The van der Waals surface area contributed by atoms with Gasteiger partial charge in [0.15, 0.2) is 0 Å². The summed E-state index contributed by atoms with van der Waals surface area (Å²) in [6.45, 7) is 0.236. The molecule has 0 unspecified atom stereocenters. The zero-order valence-corrected chi connectivity index (χ0v) is 16.5. The summed E-state index contributed by atoms with van der Waals surface area (Å²) in [5.41, 5.74) is -0.143. The van der Waals surface area contributed by atoms with E-state index in [4.69, 9.17) is 4.74 Å². The number of ether oxygens (including phenoxy) is 1. The number of alkyl halides is 2. The van der Waals surface area contributed by atoms with Crippen LogP contribution < -0.4 is 10.2 Å². The van der Waals surface area contributed by atoms with Gasteiger partial charge in [0.05, 0.1) is 19.0 Å². The van der Waals surface area contributed by atoms with Crippen molar-refractivity contribution in [1.82, 2.24) is 10.2 Å². The minimum Gasteiger partial charge on any atom is -0.442 e. The van der Waals surface area contributed by atoms with E-state index in [2.05, 4.69) is 5.32 Å². The molecule has 0 saturated carbocycles. The topological polar surface area (TPSA) is 79.0 Å². The zero-order valence-electron chi connectivity index (χ0n) is 16.5. The molecule has 0 radical (unpaired) electrons. The van der Waals surface area contributed by atoms with Crippen LogP contribution in [0.4, 0.5) is 28.0 Å². The second kappa shape index (κ2) is 8.01. The van der Waals surface area contributed by atoms with Gasteiger partial charge in [0.25, 0.3) is 5.92 Å². The van der Waals surface area contributed by atoms with Crippen molar-refractivity contribution in [3.05, 3.63) is 29.3 Å². The molecule has 11 heteroatoms. The number of halogens is 4. The molecule has 1 aromatic carbocycles. The number of hydrogen-bond donors (Lipinski definition) is 1. The van der Waals surface area contributed by atoms with Crippen molar-refractivity contribution in [2.75, 3.05) is 31.1 Å². The van der Waals surface area contributed by atoms with Crippen LogP contribution >= 0.6 is 0 Å². The van der Waals surface area contributed by atoms with Crippen LogP contribution in [0.25, 0.3) is 0 Å². The van der Waals surface area contributed by atoms with Gasteiger partial charge in [-0.25, -0.2) is 22.4 Å². The minimum absolute atomic E-state index is 0.00483. The van der Waals surface area contributed by atoms with E-state index < -0.39 is 60.3 Å². The first-order valence-electron chi connectivity index (χ1n) is 10.0. The third kappa shape index (κ3) is 4.45. The quantitative estimate of drug-likeness (QED) is 0.574. The average Bonchev–Trinajstić information content (AvgIpc) is 2.65. The van der Waals surface area contributed by atoms with Crippen LogP contribution in [0.5, 0.6) is 0 Å². The Morgan fingerprint density at radius 3 is 2.29 bits per heavy atom. The molecular weight excluding hydrogens is 422 g/mol. The molecule has 3 saturated heterocycles. The van der Waals surface area contributed by atoms with Crippen molar-refractivity contribution in [3.8, 4) is 0 Å². The van der Waals surface area contributed by atoms with Crippen LogP contribution in [0.15, 0.2) is 12.1 Å². The lowest BCUT2D eigenvalue weighted by Crippen LogP contribution is -2.55. The van der Waals surface area contributed by atoms with E-state index in [1.165, 1.54) is 4.90 Å². The second-order valence-electron chi connectivity index (χ2n) is 8.08. The monoisotopic (exact) mass is 443 g/mol. The van der Waals surface area contributed by atoms with E-state index in [0.29, 0.717) is 0 Å². The Hall–Kier alpha value is -2.85. The van der Waals surface area contributed by atoms with Gasteiger partial charge in [-0.3, -0.25) is 14.9 Å². The van der Waals surface area contributed by atoms with Gasteiger partial charge in [-0.15, -0.1) is 0 Å². The summed E-state index contributed by atoms with van der Waals surface area (Å²) in [7, 11) is 0. The molecule has 4 rings (SSSR count). The molecule has 168 valence electrons. The SMILES string of the molecule is O=C1CC[C@@H](c2c(F)cc(N3CC(OC(=O)N4CCC(F)(F)CC4)C3)cc2F)C(=O)N1. The molecule has 0 bridgehead atoms. The summed E-state index contributed by atoms with van der Waals surface area (Å²) in [6, 6.07) is 2.21. The van der Waals surface area contributed by atoms with Crippen LogP contribution in [0.3, 0.4) is 0 Å². The molecule has 3 fully saturated rings. The normalized spacial score (nSPS) is 23.9. The number of hydrogen-bond acceptors (Lipinski definition) is 5. The average molecular weight is 443 g/mol. The van der Waals surface area contributed by atoms with Gasteiger partial charge in [0.1, 0.15) is 17.7 Å². The molecule has 0 aliphatic carbocycles. The number of piperidine rings is 2. The highest BCUT2D eigenvalue weighted by atomic mass is 19.3. The third-order valence-electron chi connectivity index (χ3n) is 5.89. The van der Waals surface area contributed by atoms with Crippen LogP contribution in [-0.2, 0) is 14.3 Å². The highest BCUT2D eigenvalue weighted by Gasteiger charge is 2.39. The Labute approximate surface area is 175 Å². The molecule has 0 spiro atoms. The number of rotatable bonds is 3. The van der Waals surface area contributed by atoms with E-state index in [0.717, 1.165) is 12.1 Å². The zero-order chi connectivity index (χ0) is 22.3. The summed E-state index contributed by atoms with van der Waals surface area (Å²) < 4.78 is 60.9. The van der Waals surface area contributed by atoms with Crippen LogP contribution in [0.2, 0.25) is 0 Å². The first kappa shape index (κ1) is 21.4. The first-order valence-corrected chi connectivity index (χ1v) is 10.0. The predicted molar refractivity (Wildman–Crippen MR) is 99.7 cm³/mol. The number of carbonyl (C=O) groups is 3. The van der Waals surface area contributed by atoms with Crippen molar-refractivity contribution in [3.63, 3.8) is 0 Å². The maximum absolute atomic E-state index is 14.6. The summed E-state index contributed by atoms with van der Waals surface area (Å²) >= 11 is 0. The molecule has 1 N–H and O–H groups in total. The first-order chi connectivity index (χ1) is 14.6. The largest absolute Gasteiger partial charge is 0.442 e. The van der Waals surface area contributed by atoms with Crippen LogP contribution in [-0.4, -0.2) is 61.0 Å². The van der Waals surface area contributed by atoms with E-state index in [1.807, 2.05) is 0 Å². The lowest BCUT2D eigenvalue weighted by Gasteiger charge is -2.41. The van der Waals surface area contributed by atoms with Crippen molar-refractivity contribution >= 4 is 23.6 Å². The Balaban J connectivity index is 1.34. The van der Waals surface area contributed by atoms with E-state index in [9.17, 15) is 31.9 Å². The van der Waals surface area contributed by atoms with Gasteiger partial charge in [0, 0.05) is 43.6 Å². The summed E-state index contributed by atoms with van der Waals surface area (Å²) in [5, 5.41) is 2.08. The molecule has 3 aliphatic heterocycles. The Kier molecular flexibility index (Phi) is 5.52. The number of carbonyl (C=O) groups excluding carboxylic acids is 3. The third-order valence-corrected chi connectivity index (χ3v) is 5.89. The van der Waals surface area contributed by atoms with E-state index in [1.54, 1.807) is 4.90 Å². The standard InChI is InChI=1S/C20H21F4N3O4/c21-14-7-11(8-15(22)17(14)13-1-2-16(28)25-18(13)29)27-9-12(10-27)31-19(30)26-5-3-20(23,24)4-6-26/h7-8,12-13H,1-6,9-10H2,(H,25,28,29)/t13-/m0/s1. The van der Waals surface area contributed by atoms with E-state index >= 15 is 0 Å². The highest BCUT2D eigenvalue weighted by molar-refractivity contribution is 6.01. The van der Waals surface area contributed by atoms with Crippen LogP contribution in [0, 0.1) is 11.6 Å². The minimum atomic E-state index is -2.77. The fourth-order valence-corrected chi connectivity index (χ4v) is 4.01. The predicted octanol–water partition coefficient (Wildman–Crippen LogP) is 2.54. The highest BCUT2D eigenvalue weighted by Crippen LogP contribution is 2.34. The fourth-order valence-electron chi connectivity index (χ4n) is 4.01. The van der Waals surface area contributed by atoms with Crippen molar-refractivity contribution in [2.45, 2.75) is 43.6 Å². The number of imide groups is 1. The van der Waals surface area contributed by atoms with Gasteiger partial charge < -0.3 is 14.5 Å². The maximum atomic E-state index is 14.6. The number of nitrogens with zero attached hydrogens (tertiary/aromatic N) is 2. The van der Waals surface area contributed by atoms with Crippen molar-refractivity contribution in [2.24, 2.45) is 0 Å². The molecule has 1 atom stereocenters. The second-order valence-corrected chi connectivity index (χ2v) is 8.08. The number of nitrogens with one attached hydrogen (secondary N) is 1. The van der Waals surface area contributed by atoms with Gasteiger partial charge in [-0.05, 0) is 18.6 Å². The summed E-state index contributed by atoms with van der Waals surface area (Å²) in [4.78, 5) is 38.1. The van der Waals surface area contributed by atoms with Crippen molar-refractivity contribution in [1.29, 1.82) is 0 Å². The smallest absolute Gasteiger partial charge is 0.410 e. The Morgan fingerprint density at radius 1 is 1.10 bits per heavy atom. The number of anilines is 1. The van der Waals surface area contributed by atoms with Gasteiger partial charge in [-0.1, -0.05) is 0 Å². The summed E-state index contributed by atoms with van der Waals surface area (Å²) in [6.07, 6.45) is -1.97. The fraction of sp³-hybridized carbons (Fsp3) is 0.550. The Bertz CT molecular complexity index is 887. The molecular formula is C20H21F4N3O4. The molecule has 7 nitrogen and oxygen atoms in total. The molecule has 3 heterocycles. The van der Waals surface area contributed by atoms with Gasteiger partial charge in [0.2, 0.25) is 11.8 Å². The maximum Gasteiger partial charge on any atom is 0.410 e. The number of benzene rings is 1. The summed E-state index contributed by atoms with van der Waals surface area (Å²) in [5.74, 6) is -6.82. The van der Waals surface area contributed by atoms with E-state index in [-0.39, 0.29) is 50.3 Å². The molecule has 0 aromatic heterocycles. The molecule has 3 amide bonds. The number of amides is 3. The lowest BCUT2D eigenvalue weighted by molar-refractivity contribution is -0.134.